The molecule has 0 aliphatic carbocycles. The van der Waals surface area contributed by atoms with Gasteiger partial charge in [0.15, 0.2) is 12.4 Å². The Kier molecular flexibility index (Phi) is 51.2. The molecule has 0 rings (SSSR count). The van der Waals surface area contributed by atoms with Gasteiger partial charge >= 0.3 is 11.9 Å². The molecule has 0 radical (unpaired) electrons. The van der Waals surface area contributed by atoms with Crippen LogP contribution in [-0.2, 0) is 33.3 Å². The summed E-state index contributed by atoms with van der Waals surface area (Å²) in [6, 6.07) is 0. The Hall–Kier alpha value is -4.05. The van der Waals surface area contributed by atoms with Crippen LogP contribution >= 0.6 is 0 Å². The zero-order chi connectivity index (χ0) is 53.4. The third-order valence-corrected chi connectivity index (χ3v) is 12.0. The van der Waals surface area contributed by atoms with Crippen molar-refractivity contribution >= 4 is 17.9 Å². The van der Waals surface area contributed by atoms with Gasteiger partial charge in [0, 0.05) is 12.8 Å². The largest absolute Gasteiger partial charge is 0.545 e. The van der Waals surface area contributed by atoms with E-state index in [2.05, 4.69) is 123 Å². The van der Waals surface area contributed by atoms with Gasteiger partial charge in [-0.25, -0.2) is 0 Å². The van der Waals surface area contributed by atoms with Gasteiger partial charge in [0.1, 0.15) is 13.2 Å². The van der Waals surface area contributed by atoms with Gasteiger partial charge in [-0.05, 0) is 103 Å². The number of hydrogen-bond acceptors (Lipinski definition) is 8. The normalized spacial score (nSPS) is 13.6. The third kappa shape index (κ3) is 55.5. The second-order valence-electron chi connectivity index (χ2n) is 20.2. The highest BCUT2D eigenvalue weighted by Gasteiger charge is 2.22. The lowest BCUT2D eigenvalue weighted by atomic mass is 10.1. The highest BCUT2D eigenvalue weighted by Crippen LogP contribution is 2.14. The Morgan fingerprint density at radius 1 is 0.425 bits per heavy atom. The molecule has 0 amide bonds. The Labute approximate surface area is 447 Å². The molecule has 0 aromatic rings. The number of aliphatic carboxylic acids is 1. The number of carbonyl (C=O) groups is 3. The summed E-state index contributed by atoms with van der Waals surface area (Å²) in [5, 5.41) is 11.8. The molecule has 416 valence electrons. The van der Waals surface area contributed by atoms with Crippen molar-refractivity contribution in [2.75, 3.05) is 47.5 Å². The van der Waals surface area contributed by atoms with Crippen LogP contribution in [-0.4, -0.2) is 82.3 Å². The van der Waals surface area contributed by atoms with Gasteiger partial charge in [0.25, 0.3) is 0 Å². The summed E-state index contributed by atoms with van der Waals surface area (Å²) in [6.07, 6.45) is 71.3. The number of allylic oxidation sites excluding steroid dienone is 18. The standard InChI is InChI=1S/C64H107NO8/c1-6-8-10-12-14-16-18-20-22-24-26-27-28-29-30-31-32-33-34-35-37-39-41-43-45-47-49-51-53-55-62(67)73-60(59-72-64(63(68)69)70-57-56-65(3,4)5)58-71-61(66)54-52-50-48-46-44-42-40-38-36-25-23-21-19-17-15-13-11-9-7-2/h8,10,14,16,20-23,26-27,29-30,32-33,35,37,41,43,60,64H,6-7,9,11-13,15,17-19,24-25,28,31,34,36,38-40,42,44-59H2,1-5H3/b10-8-,16-14-,22-20-,23-21-,27-26-,30-29-,33-32-,37-35-,43-41-. The van der Waals surface area contributed by atoms with E-state index in [0.29, 0.717) is 17.4 Å². The Morgan fingerprint density at radius 2 is 0.781 bits per heavy atom. The van der Waals surface area contributed by atoms with Crippen LogP contribution in [0.25, 0.3) is 0 Å². The first-order valence-electron chi connectivity index (χ1n) is 29.0. The first-order chi connectivity index (χ1) is 35.6. The summed E-state index contributed by atoms with van der Waals surface area (Å²) in [7, 11) is 5.90. The van der Waals surface area contributed by atoms with E-state index in [9.17, 15) is 19.5 Å². The van der Waals surface area contributed by atoms with Crippen molar-refractivity contribution < 1.29 is 42.9 Å². The number of hydrogen-bond donors (Lipinski definition) is 0. The maximum atomic E-state index is 12.9. The van der Waals surface area contributed by atoms with E-state index in [4.69, 9.17) is 18.9 Å². The molecule has 0 spiro atoms. The Balaban J connectivity index is 4.35. The zero-order valence-electron chi connectivity index (χ0n) is 47.2. The monoisotopic (exact) mass is 1020 g/mol. The van der Waals surface area contributed by atoms with Crippen molar-refractivity contribution in [1.29, 1.82) is 0 Å². The van der Waals surface area contributed by atoms with Crippen LogP contribution in [0.3, 0.4) is 0 Å². The van der Waals surface area contributed by atoms with Crippen LogP contribution in [0.15, 0.2) is 109 Å². The lowest BCUT2D eigenvalue weighted by Crippen LogP contribution is -2.44. The van der Waals surface area contributed by atoms with Crippen LogP contribution in [0, 0.1) is 0 Å². The highest BCUT2D eigenvalue weighted by atomic mass is 16.7. The summed E-state index contributed by atoms with van der Waals surface area (Å²) in [5.41, 5.74) is 0. The second-order valence-corrected chi connectivity index (χ2v) is 20.2. The molecule has 0 saturated heterocycles. The Bertz CT molecular complexity index is 1560. The molecule has 0 aromatic carbocycles. The molecule has 9 nitrogen and oxygen atoms in total. The van der Waals surface area contributed by atoms with Gasteiger partial charge in [-0.2, -0.15) is 0 Å². The van der Waals surface area contributed by atoms with Crippen LogP contribution in [0.2, 0.25) is 0 Å². The summed E-state index contributed by atoms with van der Waals surface area (Å²) in [4.78, 5) is 37.3. The molecule has 73 heavy (non-hydrogen) atoms. The van der Waals surface area contributed by atoms with E-state index in [0.717, 1.165) is 96.3 Å². The minimum absolute atomic E-state index is 0.136. The van der Waals surface area contributed by atoms with Crippen LogP contribution in [0.4, 0.5) is 0 Å². The van der Waals surface area contributed by atoms with Gasteiger partial charge < -0.3 is 33.3 Å². The SMILES string of the molecule is CC/C=C\C/C=C\C/C=C\C/C=C\C/C=C\C/C=C\C/C=C\C/C=C\CCCCCCC(=O)OC(COC(=O)CCCCCCCCCCC/C=C\CCCCCCCC)COC(OCC[N+](C)(C)C)C(=O)[O-]. The average molecular weight is 1020 g/mol. The molecular weight excluding hydrogens is 911 g/mol. The number of nitrogens with zero attached hydrogens (tertiary/aromatic N) is 1. The summed E-state index contributed by atoms with van der Waals surface area (Å²) < 4.78 is 22.7. The summed E-state index contributed by atoms with van der Waals surface area (Å²) in [6.45, 7) is 4.59. The van der Waals surface area contributed by atoms with Crippen LogP contribution in [0.5, 0.6) is 0 Å². The molecule has 0 aromatic heterocycles. The van der Waals surface area contributed by atoms with E-state index in [1.807, 2.05) is 21.1 Å². The van der Waals surface area contributed by atoms with E-state index < -0.39 is 24.3 Å². The molecule has 0 heterocycles. The van der Waals surface area contributed by atoms with E-state index >= 15 is 0 Å². The minimum atomic E-state index is -1.64. The molecular formula is C64H107NO8. The van der Waals surface area contributed by atoms with E-state index in [-0.39, 0.29) is 38.6 Å². The van der Waals surface area contributed by atoms with Gasteiger partial charge in [0.2, 0.25) is 0 Å². The molecule has 9 heteroatoms. The quantitative estimate of drug-likeness (QED) is 0.0195. The molecule has 2 atom stereocenters. The van der Waals surface area contributed by atoms with Crippen molar-refractivity contribution in [3.05, 3.63) is 109 Å². The molecule has 0 aliphatic heterocycles. The molecule has 0 bridgehead atoms. The first-order valence-corrected chi connectivity index (χ1v) is 29.0. The highest BCUT2D eigenvalue weighted by molar-refractivity contribution is 5.70. The molecule has 0 fully saturated rings. The van der Waals surface area contributed by atoms with Crippen molar-refractivity contribution in [1.82, 2.24) is 0 Å². The number of ether oxygens (including phenoxy) is 4. The fourth-order valence-electron chi connectivity index (χ4n) is 7.55. The molecule has 0 saturated carbocycles. The fourth-order valence-corrected chi connectivity index (χ4v) is 7.55. The minimum Gasteiger partial charge on any atom is -0.545 e. The number of carbonyl (C=O) groups excluding carboxylic acids is 3. The van der Waals surface area contributed by atoms with Crippen molar-refractivity contribution in [2.45, 2.75) is 232 Å². The summed E-state index contributed by atoms with van der Waals surface area (Å²) in [5.74, 6) is -2.33. The molecule has 0 aliphatic rings. The van der Waals surface area contributed by atoms with Crippen LogP contribution < -0.4 is 5.11 Å². The maximum absolute atomic E-state index is 12.9. The molecule has 2 unspecified atom stereocenters. The van der Waals surface area contributed by atoms with Crippen molar-refractivity contribution in [3.8, 4) is 0 Å². The van der Waals surface area contributed by atoms with E-state index in [1.54, 1.807) is 0 Å². The maximum Gasteiger partial charge on any atom is 0.306 e. The van der Waals surface area contributed by atoms with Crippen molar-refractivity contribution in [3.63, 3.8) is 0 Å². The van der Waals surface area contributed by atoms with Crippen molar-refractivity contribution in [2.24, 2.45) is 0 Å². The van der Waals surface area contributed by atoms with Gasteiger partial charge in [-0.1, -0.05) is 213 Å². The number of unbranched alkanes of at least 4 members (excludes halogenated alkanes) is 19. The number of carboxylic acids is 1. The zero-order valence-corrected chi connectivity index (χ0v) is 47.2. The smallest absolute Gasteiger partial charge is 0.306 e. The first kappa shape index (κ1) is 69.0. The van der Waals surface area contributed by atoms with E-state index in [1.165, 1.54) is 89.9 Å². The Morgan fingerprint density at radius 3 is 1.18 bits per heavy atom. The number of quaternary nitrogens is 1. The third-order valence-electron chi connectivity index (χ3n) is 12.0. The lowest BCUT2D eigenvalue weighted by molar-refractivity contribution is -0.870. The molecule has 0 N–H and O–H groups in total. The van der Waals surface area contributed by atoms with Gasteiger partial charge in [-0.3, -0.25) is 9.59 Å². The number of rotatable bonds is 52. The fraction of sp³-hybridized carbons (Fsp3) is 0.672. The average Bonchev–Trinajstić information content (AvgIpc) is 3.36. The second kappa shape index (κ2) is 54.2. The summed E-state index contributed by atoms with van der Waals surface area (Å²) >= 11 is 0. The van der Waals surface area contributed by atoms with Crippen LogP contribution in [0.1, 0.15) is 219 Å². The van der Waals surface area contributed by atoms with Gasteiger partial charge in [0.05, 0.1) is 40.3 Å². The number of esters is 2. The lowest BCUT2D eigenvalue weighted by Gasteiger charge is -2.26. The predicted octanol–water partition coefficient (Wildman–Crippen LogP) is 15.8. The number of likely N-dealkylation sites (N-methyl/N-ethyl adjacent to an activating group) is 1. The number of carboxylic acid groups (broad SMARTS) is 1. The van der Waals surface area contributed by atoms with Gasteiger partial charge in [-0.15, -0.1) is 0 Å². The predicted molar refractivity (Wildman–Crippen MR) is 306 cm³/mol. The topological polar surface area (TPSA) is 111 Å².